The lowest BCUT2D eigenvalue weighted by Crippen LogP contribution is -2.13. The van der Waals surface area contributed by atoms with Crippen LogP contribution in [0, 0.1) is 17.1 Å². The minimum atomic E-state index is -0.667. The number of benzene rings is 1. The number of amides is 1. The molecule has 3 nitrogen and oxygen atoms in total. The Bertz CT molecular complexity index is 400. The van der Waals surface area contributed by atoms with Gasteiger partial charge in [-0.05, 0) is 12.1 Å². The highest BCUT2D eigenvalue weighted by Gasteiger charge is 2.09. The molecule has 1 rings (SSSR count). The first-order chi connectivity index (χ1) is 6.69. The molecular formula is C9H6ClFN2O. The summed E-state index contributed by atoms with van der Waals surface area (Å²) in [5.41, 5.74) is -0.0517. The van der Waals surface area contributed by atoms with Crippen LogP contribution in [0.5, 0.6) is 0 Å². The lowest BCUT2D eigenvalue weighted by atomic mass is 10.2. The minimum absolute atomic E-state index is 0.137. The van der Waals surface area contributed by atoms with Crippen molar-refractivity contribution in [1.29, 1.82) is 5.26 Å². The Morgan fingerprint density at radius 2 is 2.36 bits per heavy atom. The fourth-order valence-electron chi connectivity index (χ4n) is 0.926. The van der Waals surface area contributed by atoms with Crippen molar-refractivity contribution >= 4 is 23.2 Å². The van der Waals surface area contributed by atoms with E-state index in [2.05, 4.69) is 5.32 Å². The van der Waals surface area contributed by atoms with Gasteiger partial charge < -0.3 is 5.32 Å². The van der Waals surface area contributed by atoms with E-state index in [-0.39, 0.29) is 17.1 Å². The average Bonchev–Trinajstić information content (AvgIpc) is 2.18. The summed E-state index contributed by atoms with van der Waals surface area (Å²) in [7, 11) is 0. The molecule has 0 radical (unpaired) electrons. The van der Waals surface area contributed by atoms with Crippen LogP contribution in [0.4, 0.5) is 10.1 Å². The van der Waals surface area contributed by atoms with Crippen LogP contribution in [0.3, 0.4) is 0 Å². The Labute approximate surface area is 85.1 Å². The quantitative estimate of drug-likeness (QED) is 0.761. The highest BCUT2D eigenvalue weighted by molar-refractivity contribution is 6.29. The molecule has 5 heteroatoms. The van der Waals surface area contributed by atoms with Gasteiger partial charge >= 0.3 is 0 Å². The fourth-order valence-corrected chi connectivity index (χ4v) is 0.992. The maximum Gasteiger partial charge on any atom is 0.239 e. The summed E-state index contributed by atoms with van der Waals surface area (Å²) in [6.07, 6.45) is 0. The Hall–Kier alpha value is -1.60. The number of nitrogens with zero attached hydrogens (tertiary/aromatic N) is 1. The van der Waals surface area contributed by atoms with Gasteiger partial charge in [0.15, 0.2) is 0 Å². The minimum Gasteiger partial charge on any atom is -0.324 e. The second-order valence-corrected chi connectivity index (χ2v) is 2.72. The van der Waals surface area contributed by atoms with E-state index in [9.17, 15) is 9.18 Å². The van der Waals surface area contributed by atoms with Gasteiger partial charge in [-0.1, -0.05) is 6.07 Å². The molecular weight excluding hydrogens is 207 g/mol. The maximum absolute atomic E-state index is 13.0. The summed E-state index contributed by atoms with van der Waals surface area (Å²) < 4.78 is 13.0. The lowest BCUT2D eigenvalue weighted by molar-refractivity contribution is -0.113. The number of rotatable bonds is 2. The molecule has 1 aromatic rings. The summed E-state index contributed by atoms with van der Waals surface area (Å²) in [5, 5.41) is 10.9. The summed E-state index contributed by atoms with van der Waals surface area (Å²) >= 11 is 5.25. The van der Waals surface area contributed by atoms with Crippen LogP contribution >= 0.6 is 11.6 Å². The Morgan fingerprint density at radius 3 is 2.93 bits per heavy atom. The molecule has 0 saturated carbocycles. The number of hydrogen-bond donors (Lipinski definition) is 1. The SMILES string of the molecule is N#Cc1c(F)cccc1NC(=O)CCl. The van der Waals surface area contributed by atoms with Gasteiger partial charge in [-0.25, -0.2) is 4.39 Å². The summed E-state index contributed by atoms with van der Waals surface area (Å²) in [6, 6.07) is 5.65. The van der Waals surface area contributed by atoms with Crippen LogP contribution in [-0.2, 0) is 4.79 Å². The first kappa shape index (κ1) is 10.5. The van der Waals surface area contributed by atoms with Gasteiger partial charge in [-0.3, -0.25) is 4.79 Å². The highest BCUT2D eigenvalue weighted by Crippen LogP contribution is 2.17. The van der Waals surface area contributed by atoms with E-state index < -0.39 is 11.7 Å². The standard InChI is InChI=1S/C9H6ClFN2O/c10-4-9(14)13-8-3-1-2-7(11)6(8)5-12/h1-3H,4H2,(H,13,14). The average molecular weight is 213 g/mol. The normalized spacial score (nSPS) is 9.21. The molecule has 0 aliphatic heterocycles. The van der Waals surface area contributed by atoms with E-state index >= 15 is 0 Å². The van der Waals surface area contributed by atoms with E-state index in [1.54, 1.807) is 6.07 Å². The third-order valence-corrected chi connectivity index (χ3v) is 1.76. The van der Waals surface area contributed by atoms with Gasteiger partial charge in [0.2, 0.25) is 5.91 Å². The second kappa shape index (κ2) is 4.58. The first-order valence-corrected chi connectivity index (χ1v) is 4.27. The molecule has 0 saturated heterocycles. The summed E-state index contributed by atoms with van der Waals surface area (Å²) in [6.45, 7) is 0. The lowest BCUT2D eigenvalue weighted by Gasteiger charge is -2.04. The third-order valence-electron chi connectivity index (χ3n) is 1.52. The van der Waals surface area contributed by atoms with E-state index in [1.165, 1.54) is 12.1 Å². The number of nitriles is 1. The molecule has 72 valence electrons. The van der Waals surface area contributed by atoms with Gasteiger partial charge in [0, 0.05) is 0 Å². The van der Waals surface area contributed by atoms with Gasteiger partial charge in [-0.2, -0.15) is 5.26 Å². The zero-order chi connectivity index (χ0) is 10.6. The molecule has 1 aromatic carbocycles. The molecule has 0 atom stereocenters. The van der Waals surface area contributed by atoms with Crippen LogP contribution in [-0.4, -0.2) is 11.8 Å². The van der Waals surface area contributed by atoms with Crippen molar-refractivity contribution in [2.45, 2.75) is 0 Å². The highest BCUT2D eigenvalue weighted by atomic mass is 35.5. The first-order valence-electron chi connectivity index (χ1n) is 3.73. The molecule has 0 aliphatic rings. The topological polar surface area (TPSA) is 52.9 Å². The Morgan fingerprint density at radius 1 is 1.64 bits per heavy atom. The molecule has 0 aromatic heterocycles. The van der Waals surface area contributed by atoms with Gasteiger partial charge in [0.1, 0.15) is 23.3 Å². The van der Waals surface area contributed by atoms with Crippen molar-refractivity contribution in [2.75, 3.05) is 11.2 Å². The fraction of sp³-hybridized carbons (Fsp3) is 0.111. The van der Waals surface area contributed by atoms with Crippen molar-refractivity contribution in [3.8, 4) is 6.07 Å². The number of carbonyl (C=O) groups excluding carboxylic acids is 1. The van der Waals surface area contributed by atoms with Crippen LogP contribution in [0.2, 0.25) is 0 Å². The zero-order valence-corrected chi connectivity index (χ0v) is 7.81. The van der Waals surface area contributed by atoms with Crippen molar-refractivity contribution in [2.24, 2.45) is 0 Å². The van der Waals surface area contributed by atoms with Gasteiger partial charge in [0.25, 0.3) is 0 Å². The van der Waals surface area contributed by atoms with Crippen molar-refractivity contribution in [3.63, 3.8) is 0 Å². The largest absolute Gasteiger partial charge is 0.324 e. The Balaban J connectivity index is 3.04. The molecule has 0 spiro atoms. The number of alkyl halides is 1. The second-order valence-electron chi connectivity index (χ2n) is 2.46. The Kier molecular flexibility index (Phi) is 3.43. The number of anilines is 1. The molecule has 0 fully saturated rings. The van der Waals surface area contributed by atoms with Gasteiger partial charge in [0.05, 0.1) is 5.69 Å². The molecule has 1 amide bonds. The van der Waals surface area contributed by atoms with Crippen LogP contribution in [0.1, 0.15) is 5.56 Å². The van der Waals surface area contributed by atoms with Gasteiger partial charge in [-0.15, -0.1) is 11.6 Å². The molecule has 14 heavy (non-hydrogen) atoms. The number of hydrogen-bond acceptors (Lipinski definition) is 2. The van der Waals surface area contributed by atoms with Crippen LogP contribution in [0.25, 0.3) is 0 Å². The van der Waals surface area contributed by atoms with E-state index in [0.717, 1.165) is 6.07 Å². The molecule has 0 heterocycles. The molecule has 0 bridgehead atoms. The van der Waals surface area contributed by atoms with E-state index in [1.807, 2.05) is 0 Å². The van der Waals surface area contributed by atoms with Crippen LogP contribution < -0.4 is 5.32 Å². The smallest absolute Gasteiger partial charge is 0.239 e. The number of nitrogens with one attached hydrogen (secondary N) is 1. The molecule has 1 N–H and O–H groups in total. The summed E-state index contributed by atoms with van der Waals surface area (Å²) in [5.74, 6) is -1.38. The predicted octanol–water partition coefficient (Wildman–Crippen LogP) is 1.87. The third kappa shape index (κ3) is 2.21. The predicted molar refractivity (Wildman–Crippen MR) is 50.5 cm³/mol. The van der Waals surface area contributed by atoms with Crippen LogP contribution in [0.15, 0.2) is 18.2 Å². The zero-order valence-electron chi connectivity index (χ0n) is 7.05. The number of carbonyl (C=O) groups is 1. The van der Waals surface area contributed by atoms with Crippen molar-refractivity contribution in [1.82, 2.24) is 0 Å². The monoisotopic (exact) mass is 212 g/mol. The van der Waals surface area contributed by atoms with E-state index in [0.29, 0.717) is 0 Å². The van der Waals surface area contributed by atoms with E-state index in [4.69, 9.17) is 16.9 Å². The molecule has 0 aliphatic carbocycles. The van der Waals surface area contributed by atoms with Crippen molar-refractivity contribution < 1.29 is 9.18 Å². The summed E-state index contributed by atoms with van der Waals surface area (Å²) in [4.78, 5) is 10.9. The number of halogens is 2. The maximum atomic E-state index is 13.0. The molecule has 0 unspecified atom stereocenters. The van der Waals surface area contributed by atoms with Crippen molar-refractivity contribution in [3.05, 3.63) is 29.6 Å².